The van der Waals surface area contributed by atoms with Gasteiger partial charge in [0.25, 0.3) is 0 Å². The van der Waals surface area contributed by atoms with Gasteiger partial charge in [0.1, 0.15) is 11.6 Å². The summed E-state index contributed by atoms with van der Waals surface area (Å²) in [5.41, 5.74) is -0.422. The van der Waals surface area contributed by atoms with Gasteiger partial charge in [-0.25, -0.2) is 13.6 Å². The van der Waals surface area contributed by atoms with E-state index in [1.807, 2.05) is 0 Å². The second kappa shape index (κ2) is 6.68. The number of rotatable bonds is 3. The van der Waals surface area contributed by atoms with Gasteiger partial charge in [0.2, 0.25) is 0 Å². The maximum Gasteiger partial charge on any atom is 0.338 e. The molecule has 1 fully saturated rings. The standard InChI is InChI=1S/C15H19F2NO2/c16-12-9-13(17)14(8-11(12)15(19)20)18-10-6-4-2-1-3-5-7-10/h8-10,18H,1-7H2,(H,19,20). The molecule has 0 heterocycles. The van der Waals surface area contributed by atoms with E-state index in [1.54, 1.807) is 0 Å². The highest BCUT2D eigenvalue weighted by Crippen LogP contribution is 2.24. The van der Waals surface area contributed by atoms with E-state index in [9.17, 15) is 13.6 Å². The number of carboxylic acids is 1. The average Bonchev–Trinajstić information content (AvgIpc) is 2.34. The van der Waals surface area contributed by atoms with Crippen LogP contribution in [0, 0.1) is 11.6 Å². The van der Waals surface area contributed by atoms with Gasteiger partial charge in [0.05, 0.1) is 11.3 Å². The summed E-state index contributed by atoms with van der Waals surface area (Å²) in [6.45, 7) is 0. The van der Waals surface area contributed by atoms with Gasteiger partial charge in [-0.2, -0.15) is 0 Å². The third kappa shape index (κ3) is 3.68. The van der Waals surface area contributed by atoms with Crippen molar-refractivity contribution < 1.29 is 18.7 Å². The lowest BCUT2D eigenvalue weighted by atomic mass is 9.96. The van der Waals surface area contributed by atoms with Gasteiger partial charge in [-0.3, -0.25) is 0 Å². The van der Waals surface area contributed by atoms with Crippen molar-refractivity contribution in [2.45, 2.75) is 51.0 Å². The Kier molecular flexibility index (Phi) is 4.93. The molecule has 0 atom stereocenters. The van der Waals surface area contributed by atoms with Crippen molar-refractivity contribution in [1.82, 2.24) is 0 Å². The molecule has 1 aliphatic rings. The summed E-state index contributed by atoms with van der Waals surface area (Å²) in [4.78, 5) is 10.9. The van der Waals surface area contributed by atoms with Crippen LogP contribution in [0.4, 0.5) is 14.5 Å². The molecule has 0 bridgehead atoms. The van der Waals surface area contributed by atoms with Crippen molar-refractivity contribution in [3.8, 4) is 0 Å². The highest BCUT2D eigenvalue weighted by atomic mass is 19.1. The molecule has 0 radical (unpaired) electrons. The number of carbonyl (C=O) groups is 1. The number of anilines is 1. The maximum atomic E-state index is 13.7. The molecule has 20 heavy (non-hydrogen) atoms. The number of benzene rings is 1. The first-order valence-electron chi connectivity index (χ1n) is 7.07. The molecule has 1 aromatic rings. The number of hydrogen-bond acceptors (Lipinski definition) is 2. The van der Waals surface area contributed by atoms with Gasteiger partial charge in [-0.1, -0.05) is 32.1 Å². The number of nitrogens with one attached hydrogen (secondary N) is 1. The van der Waals surface area contributed by atoms with Crippen LogP contribution in [0.2, 0.25) is 0 Å². The molecular weight excluding hydrogens is 264 g/mol. The number of hydrogen-bond donors (Lipinski definition) is 2. The minimum atomic E-state index is -1.39. The van der Waals surface area contributed by atoms with Gasteiger partial charge < -0.3 is 10.4 Å². The Labute approximate surface area is 117 Å². The molecule has 0 unspecified atom stereocenters. The first kappa shape index (κ1) is 14.8. The van der Waals surface area contributed by atoms with Crippen molar-refractivity contribution in [2.24, 2.45) is 0 Å². The average molecular weight is 283 g/mol. The van der Waals surface area contributed by atoms with Gasteiger partial charge >= 0.3 is 5.97 Å². The molecule has 5 heteroatoms. The quantitative estimate of drug-likeness (QED) is 0.874. The molecule has 0 aliphatic heterocycles. The monoisotopic (exact) mass is 283 g/mol. The zero-order valence-electron chi connectivity index (χ0n) is 11.3. The van der Waals surface area contributed by atoms with E-state index in [4.69, 9.17) is 5.11 Å². The molecule has 0 amide bonds. The zero-order chi connectivity index (χ0) is 14.5. The SMILES string of the molecule is O=C(O)c1cc(NC2CCCCCCC2)c(F)cc1F. The predicted octanol–water partition coefficient (Wildman–Crippen LogP) is 4.19. The third-order valence-corrected chi connectivity index (χ3v) is 3.75. The smallest absolute Gasteiger partial charge is 0.338 e. The van der Waals surface area contributed by atoms with Crippen LogP contribution in [0.3, 0.4) is 0 Å². The number of carboxylic acid groups (broad SMARTS) is 1. The summed E-state index contributed by atoms with van der Waals surface area (Å²) >= 11 is 0. The van der Waals surface area contributed by atoms with Gasteiger partial charge in [0.15, 0.2) is 0 Å². The molecule has 3 nitrogen and oxygen atoms in total. The van der Waals surface area contributed by atoms with E-state index in [1.165, 1.54) is 19.3 Å². The highest BCUT2D eigenvalue weighted by molar-refractivity contribution is 5.89. The summed E-state index contributed by atoms with van der Waals surface area (Å²) in [5, 5.41) is 11.9. The minimum Gasteiger partial charge on any atom is -0.478 e. The van der Waals surface area contributed by atoms with Crippen molar-refractivity contribution in [3.63, 3.8) is 0 Å². The number of halogens is 2. The van der Waals surface area contributed by atoms with E-state index in [-0.39, 0.29) is 11.7 Å². The van der Waals surface area contributed by atoms with Crippen molar-refractivity contribution in [2.75, 3.05) is 5.32 Å². The Hall–Kier alpha value is -1.65. The fourth-order valence-corrected chi connectivity index (χ4v) is 2.64. The van der Waals surface area contributed by atoms with E-state index < -0.39 is 23.2 Å². The second-order valence-electron chi connectivity index (χ2n) is 5.30. The van der Waals surface area contributed by atoms with Crippen molar-refractivity contribution in [3.05, 3.63) is 29.3 Å². The zero-order valence-corrected chi connectivity index (χ0v) is 11.3. The first-order valence-corrected chi connectivity index (χ1v) is 7.07. The molecule has 2 N–H and O–H groups in total. The Morgan fingerprint density at radius 2 is 1.65 bits per heavy atom. The lowest BCUT2D eigenvalue weighted by Gasteiger charge is -2.22. The Balaban J connectivity index is 2.14. The first-order chi connectivity index (χ1) is 9.58. The minimum absolute atomic E-state index is 0.0781. The van der Waals surface area contributed by atoms with Crippen LogP contribution in [0.15, 0.2) is 12.1 Å². The summed E-state index contributed by atoms with van der Waals surface area (Å²) in [6.07, 6.45) is 7.59. The Morgan fingerprint density at radius 1 is 1.05 bits per heavy atom. The molecule has 1 aromatic carbocycles. The van der Waals surface area contributed by atoms with E-state index in [0.717, 1.165) is 31.7 Å². The van der Waals surface area contributed by atoms with E-state index in [0.29, 0.717) is 6.07 Å². The van der Waals surface area contributed by atoms with Crippen molar-refractivity contribution >= 4 is 11.7 Å². The van der Waals surface area contributed by atoms with Crippen LogP contribution in [-0.4, -0.2) is 17.1 Å². The van der Waals surface area contributed by atoms with E-state index >= 15 is 0 Å². The summed E-state index contributed by atoms with van der Waals surface area (Å²) in [6, 6.07) is 1.80. The van der Waals surface area contributed by atoms with Crippen molar-refractivity contribution in [1.29, 1.82) is 0 Å². The largest absolute Gasteiger partial charge is 0.478 e. The van der Waals surface area contributed by atoms with Crippen LogP contribution in [-0.2, 0) is 0 Å². The molecule has 110 valence electrons. The molecule has 1 aliphatic carbocycles. The summed E-state index contributed by atoms with van der Waals surface area (Å²) in [7, 11) is 0. The van der Waals surface area contributed by atoms with Crippen LogP contribution >= 0.6 is 0 Å². The topological polar surface area (TPSA) is 49.3 Å². The lowest BCUT2D eigenvalue weighted by molar-refractivity contribution is 0.0692. The Bertz CT molecular complexity index is 483. The molecule has 0 aromatic heterocycles. The molecule has 2 rings (SSSR count). The Morgan fingerprint density at radius 3 is 2.25 bits per heavy atom. The van der Waals surface area contributed by atoms with Gasteiger partial charge in [-0.05, 0) is 18.9 Å². The van der Waals surface area contributed by atoms with E-state index in [2.05, 4.69) is 5.32 Å². The van der Waals surface area contributed by atoms with Crippen LogP contribution in [0.25, 0.3) is 0 Å². The molecule has 0 saturated heterocycles. The van der Waals surface area contributed by atoms with Crippen LogP contribution in [0.5, 0.6) is 0 Å². The molecule has 0 spiro atoms. The second-order valence-corrected chi connectivity index (χ2v) is 5.30. The fraction of sp³-hybridized carbons (Fsp3) is 0.533. The fourth-order valence-electron chi connectivity index (χ4n) is 2.64. The predicted molar refractivity (Wildman–Crippen MR) is 73.0 cm³/mol. The van der Waals surface area contributed by atoms with Crippen LogP contribution in [0.1, 0.15) is 55.3 Å². The normalized spacial score (nSPS) is 17.3. The highest BCUT2D eigenvalue weighted by Gasteiger charge is 2.18. The third-order valence-electron chi connectivity index (χ3n) is 3.75. The van der Waals surface area contributed by atoms with Gasteiger partial charge in [-0.15, -0.1) is 0 Å². The lowest BCUT2D eigenvalue weighted by Crippen LogP contribution is -2.21. The summed E-state index contributed by atoms with van der Waals surface area (Å²) in [5.74, 6) is -3.17. The molecule has 1 saturated carbocycles. The van der Waals surface area contributed by atoms with Gasteiger partial charge in [0, 0.05) is 12.1 Å². The maximum absolute atomic E-state index is 13.7. The summed E-state index contributed by atoms with van der Waals surface area (Å²) < 4.78 is 27.1. The molecular formula is C15H19F2NO2. The number of aromatic carboxylic acids is 1. The van der Waals surface area contributed by atoms with Crippen LogP contribution < -0.4 is 5.32 Å².